The van der Waals surface area contributed by atoms with Crippen LogP contribution in [0.15, 0.2) is 11.0 Å². The Bertz CT molecular complexity index is 513. The molecule has 1 aromatic rings. The molecule has 0 saturated carbocycles. The van der Waals surface area contributed by atoms with Gasteiger partial charge in [0, 0.05) is 18.7 Å². The molecule has 2 rings (SSSR count). The van der Waals surface area contributed by atoms with Crippen LogP contribution in [-0.4, -0.2) is 22.1 Å². The van der Waals surface area contributed by atoms with Crippen molar-refractivity contribution in [3.63, 3.8) is 0 Å². The van der Waals surface area contributed by atoms with Crippen LogP contribution < -0.4 is 5.56 Å². The standard InChI is InChI=1S/C13H18N2O3.ClH/c1-3-18-13(17)10-8-14-11-7-5-4-6-9(2)15(11)12(10)16;/h8-9H,3-7H2,1-2H3;1H. The Morgan fingerprint density at radius 1 is 1.53 bits per heavy atom. The normalized spacial score (nSPS) is 17.9. The number of carbonyl (C=O) groups is 1. The lowest BCUT2D eigenvalue weighted by molar-refractivity contribution is 0.0522. The van der Waals surface area contributed by atoms with Crippen LogP contribution in [0.3, 0.4) is 0 Å². The molecule has 5 nitrogen and oxygen atoms in total. The molecule has 0 bridgehead atoms. The number of hydrogen-bond acceptors (Lipinski definition) is 4. The van der Waals surface area contributed by atoms with E-state index in [1.54, 1.807) is 11.5 Å². The molecule has 0 aliphatic carbocycles. The summed E-state index contributed by atoms with van der Waals surface area (Å²) in [5.41, 5.74) is -0.234. The molecule has 1 unspecified atom stereocenters. The number of aryl methyl sites for hydroxylation is 1. The van der Waals surface area contributed by atoms with Crippen molar-refractivity contribution in [3.05, 3.63) is 27.9 Å². The zero-order valence-electron chi connectivity index (χ0n) is 11.2. The van der Waals surface area contributed by atoms with Gasteiger partial charge in [-0.25, -0.2) is 9.78 Å². The first-order chi connectivity index (χ1) is 8.65. The van der Waals surface area contributed by atoms with Gasteiger partial charge in [-0.2, -0.15) is 0 Å². The number of carbonyl (C=O) groups excluding carboxylic acids is 1. The van der Waals surface area contributed by atoms with Gasteiger partial charge in [-0.3, -0.25) is 9.36 Å². The highest BCUT2D eigenvalue weighted by molar-refractivity contribution is 5.88. The number of nitrogens with zero attached hydrogens (tertiary/aromatic N) is 2. The predicted molar refractivity (Wildman–Crippen MR) is 74.0 cm³/mol. The maximum atomic E-state index is 12.3. The van der Waals surface area contributed by atoms with Gasteiger partial charge >= 0.3 is 5.97 Å². The molecule has 2 heterocycles. The average Bonchev–Trinajstić information content (AvgIpc) is 2.52. The zero-order chi connectivity index (χ0) is 13.1. The lowest BCUT2D eigenvalue weighted by Gasteiger charge is -2.16. The maximum absolute atomic E-state index is 12.3. The Kier molecular flexibility index (Phi) is 5.54. The highest BCUT2D eigenvalue weighted by Crippen LogP contribution is 2.20. The molecule has 1 aromatic heterocycles. The Morgan fingerprint density at radius 2 is 2.26 bits per heavy atom. The second-order valence-electron chi connectivity index (χ2n) is 4.58. The monoisotopic (exact) mass is 286 g/mol. The van der Waals surface area contributed by atoms with E-state index in [4.69, 9.17) is 4.74 Å². The molecule has 0 spiro atoms. The van der Waals surface area contributed by atoms with E-state index < -0.39 is 5.97 Å². The van der Waals surface area contributed by atoms with E-state index in [0.29, 0.717) is 0 Å². The molecule has 0 aromatic carbocycles. The van der Waals surface area contributed by atoms with E-state index in [0.717, 1.165) is 31.5 Å². The molecule has 0 saturated heterocycles. The third-order valence-corrected chi connectivity index (χ3v) is 3.28. The lowest BCUT2D eigenvalue weighted by Crippen LogP contribution is -2.32. The fourth-order valence-corrected chi connectivity index (χ4v) is 2.34. The first kappa shape index (κ1) is 15.7. The summed E-state index contributed by atoms with van der Waals surface area (Å²) in [7, 11) is 0. The van der Waals surface area contributed by atoms with Gasteiger partial charge in [0.1, 0.15) is 11.4 Å². The van der Waals surface area contributed by atoms with Gasteiger partial charge in [-0.15, -0.1) is 12.4 Å². The van der Waals surface area contributed by atoms with Crippen LogP contribution in [0.25, 0.3) is 0 Å². The summed E-state index contributed by atoms with van der Waals surface area (Å²) in [4.78, 5) is 28.2. The van der Waals surface area contributed by atoms with E-state index in [1.807, 2.05) is 6.92 Å². The van der Waals surface area contributed by atoms with Gasteiger partial charge in [0.05, 0.1) is 6.61 Å². The highest BCUT2D eigenvalue weighted by atomic mass is 35.5. The van der Waals surface area contributed by atoms with Crippen LogP contribution in [0.5, 0.6) is 0 Å². The van der Waals surface area contributed by atoms with Crippen molar-refractivity contribution >= 4 is 18.4 Å². The number of aromatic nitrogens is 2. The molecule has 19 heavy (non-hydrogen) atoms. The van der Waals surface area contributed by atoms with E-state index in [9.17, 15) is 9.59 Å². The third kappa shape index (κ3) is 3.15. The third-order valence-electron chi connectivity index (χ3n) is 3.28. The van der Waals surface area contributed by atoms with Gasteiger partial charge in [-0.1, -0.05) is 6.42 Å². The first-order valence-corrected chi connectivity index (χ1v) is 6.42. The van der Waals surface area contributed by atoms with Crippen molar-refractivity contribution in [1.82, 2.24) is 9.55 Å². The molecule has 1 aliphatic rings. The van der Waals surface area contributed by atoms with Gasteiger partial charge in [-0.05, 0) is 26.7 Å². The average molecular weight is 287 g/mol. The number of halogens is 1. The molecule has 0 N–H and O–H groups in total. The highest BCUT2D eigenvalue weighted by Gasteiger charge is 2.21. The van der Waals surface area contributed by atoms with E-state index in [2.05, 4.69) is 4.98 Å². The predicted octanol–water partition coefficient (Wildman–Crippen LogP) is 2.13. The number of fused-ring (bicyclic) bond motifs is 1. The molecular weight excluding hydrogens is 268 g/mol. The Morgan fingerprint density at radius 3 is 2.95 bits per heavy atom. The van der Waals surface area contributed by atoms with Crippen molar-refractivity contribution in [3.8, 4) is 0 Å². The SMILES string of the molecule is CCOC(=O)c1cnc2n(c1=O)C(C)CCCC2.Cl. The molecule has 6 heteroatoms. The number of ether oxygens (including phenoxy) is 1. The summed E-state index contributed by atoms with van der Waals surface area (Å²) in [5.74, 6) is 0.194. The molecule has 106 valence electrons. The minimum absolute atomic E-state index is 0. The molecule has 0 radical (unpaired) electrons. The number of esters is 1. The van der Waals surface area contributed by atoms with E-state index in [-0.39, 0.29) is 36.2 Å². The van der Waals surface area contributed by atoms with Crippen LogP contribution in [0.2, 0.25) is 0 Å². The van der Waals surface area contributed by atoms with Gasteiger partial charge in [0.25, 0.3) is 5.56 Å². The minimum atomic E-state index is -0.582. The van der Waals surface area contributed by atoms with E-state index >= 15 is 0 Å². The van der Waals surface area contributed by atoms with Crippen molar-refractivity contribution < 1.29 is 9.53 Å². The maximum Gasteiger partial charge on any atom is 0.345 e. The van der Waals surface area contributed by atoms with Crippen molar-refractivity contribution in [2.75, 3.05) is 6.61 Å². The molecule has 0 fully saturated rings. The van der Waals surface area contributed by atoms with Crippen LogP contribution in [0.4, 0.5) is 0 Å². The Balaban J connectivity index is 0.00000180. The Labute approximate surface area is 118 Å². The van der Waals surface area contributed by atoms with Gasteiger partial charge in [0.15, 0.2) is 0 Å². The topological polar surface area (TPSA) is 61.2 Å². The van der Waals surface area contributed by atoms with Crippen LogP contribution in [0.1, 0.15) is 55.3 Å². The van der Waals surface area contributed by atoms with Crippen LogP contribution in [0, 0.1) is 0 Å². The van der Waals surface area contributed by atoms with Crippen LogP contribution in [-0.2, 0) is 11.2 Å². The van der Waals surface area contributed by atoms with Gasteiger partial charge < -0.3 is 4.74 Å². The summed E-state index contributed by atoms with van der Waals surface area (Å²) in [6.45, 7) is 3.97. The van der Waals surface area contributed by atoms with Crippen molar-refractivity contribution in [1.29, 1.82) is 0 Å². The smallest absolute Gasteiger partial charge is 0.345 e. The van der Waals surface area contributed by atoms with Gasteiger partial charge in [0.2, 0.25) is 0 Å². The van der Waals surface area contributed by atoms with Crippen LogP contribution >= 0.6 is 12.4 Å². The van der Waals surface area contributed by atoms with E-state index in [1.165, 1.54) is 6.20 Å². The number of rotatable bonds is 2. The van der Waals surface area contributed by atoms with Crippen molar-refractivity contribution in [2.24, 2.45) is 0 Å². The second kappa shape index (κ2) is 6.70. The molecular formula is C13H19ClN2O3. The summed E-state index contributed by atoms with van der Waals surface area (Å²) in [5, 5.41) is 0. The fourth-order valence-electron chi connectivity index (χ4n) is 2.34. The Hall–Kier alpha value is -1.36. The first-order valence-electron chi connectivity index (χ1n) is 6.42. The molecule has 0 amide bonds. The minimum Gasteiger partial charge on any atom is -0.462 e. The second-order valence-corrected chi connectivity index (χ2v) is 4.58. The quantitative estimate of drug-likeness (QED) is 0.782. The fraction of sp³-hybridized carbons (Fsp3) is 0.615. The largest absolute Gasteiger partial charge is 0.462 e. The zero-order valence-corrected chi connectivity index (χ0v) is 12.0. The summed E-state index contributed by atoms with van der Waals surface area (Å²) in [6.07, 6.45) is 5.21. The summed E-state index contributed by atoms with van der Waals surface area (Å²) >= 11 is 0. The lowest BCUT2D eigenvalue weighted by atomic mass is 10.1. The summed E-state index contributed by atoms with van der Waals surface area (Å²) in [6, 6.07) is 0.0943. The summed E-state index contributed by atoms with van der Waals surface area (Å²) < 4.78 is 6.53. The van der Waals surface area contributed by atoms with Crippen molar-refractivity contribution in [2.45, 2.75) is 45.6 Å². The number of hydrogen-bond donors (Lipinski definition) is 0. The molecule has 1 aliphatic heterocycles. The molecule has 1 atom stereocenters.